The second-order valence-electron chi connectivity index (χ2n) is 3.78. The predicted molar refractivity (Wildman–Crippen MR) is 52.7 cm³/mol. The van der Waals surface area contributed by atoms with Crippen LogP contribution in [0.4, 0.5) is 0 Å². The summed E-state index contributed by atoms with van der Waals surface area (Å²) in [6.45, 7) is 2.11. The lowest BCUT2D eigenvalue weighted by atomic mass is 10.2. The lowest BCUT2D eigenvalue weighted by Crippen LogP contribution is -2.44. The van der Waals surface area contributed by atoms with E-state index in [-0.39, 0.29) is 12.3 Å². The van der Waals surface area contributed by atoms with Crippen LogP contribution in [0.1, 0.15) is 32.6 Å². The summed E-state index contributed by atoms with van der Waals surface area (Å²) in [5.74, 6) is 0. The highest BCUT2D eigenvalue weighted by molar-refractivity contribution is 4.77. The van der Waals surface area contributed by atoms with Gasteiger partial charge in [-0.1, -0.05) is 12.8 Å². The Kier molecular flexibility index (Phi) is 4.70. The van der Waals surface area contributed by atoms with Crippen LogP contribution in [-0.4, -0.2) is 32.6 Å². The van der Waals surface area contributed by atoms with Crippen molar-refractivity contribution >= 4 is 0 Å². The molecule has 0 aliphatic heterocycles. The smallest absolute Gasteiger partial charge is 0.171 e. The molecule has 0 amide bonds. The molecule has 3 heteroatoms. The van der Waals surface area contributed by atoms with Crippen molar-refractivity contribution in [2.75, 3.05) is 14.2 Å². The monoisotopic (exact) mass is 187 g/mol. The Balaban J connectivity index is 2.25. The molecule has 0 aromatic rings. The van der Waals surface area contributed by atoms with Gasteiger partial charge in [-0.15, -0.1) is 0 Å². The number of hydrogen-bond donors (Lipinski definition) is 1. The van der Waals surface area contributed by atoms with Gasteiger partial charge in [-0.05, 0) is 19.8 Å². The van der Waals surface area contributed by atoms with E-state index >= 15 is 0 Å². The third-order valence-electron chi connectivity index (χ3n) is 2.73. The Morgan fingerprint density at radius 2 is 1.69 bits per heavy atom. The maximum absolute atomic E-state index is 5.19. The number of methoxy groups -OCH3 is 2. The van der Waals surface area contributed by atoms with Crippen LogP contribution < -0.4 is 5.32 Å². The quantitative estimate of drug-likeness (QED) is 0.662. The lowest BCUT2D eigenvalue weighted by molar-refractivity contribution is -0.120. The van der Waals surface area contributed by atoms with Crippen molar-refractivity contribution in [1.82, 2.24) is 5.32 Å². The molecule has 0 heterocycles. The number of ether oxygens (including phenoxy) is 2. The Labute approximate surface area is 80.8 Å². The number of hydrogen-bond acceptors (Lipinski definition) is 3. The third kappa shape index (κ3) is 3.25. The molecule has 0 bridgehead atoms. The minimum atomic E-state index is -0.124. The predicted octanol–water partition coefficient (Wildman–Crippen LogP) is 1.53. The van der Waals surface area contributed by atoms with Gasteiger partial charge in [-0.2, -0.15) is 0 Å². The molecule has 1 unspecified atom stereocenters. The van der Waals surface area contributed by atoms with Gasteiger partial charge >= 0.3 is 0 Å². The summed E-state index contributed by atoms with van der Waals surface area (Å²) in [4.78, 5) is 0. The molecule has 0 aromatic heterocycles. The Morgan fingerprint density at radius 1 is 1.15 bits per heavy atom. The van der Waals surface area contributed by atoms with Gasteiger partial charge in [0, 0.05) is 20.3 Å². The summed E-state index contributed by atoms with van der Waals surface area (Å²) >= 11 is 0. The molecule has 1 saturated carbocycles. The zero-order valence-corrected chi connectivity index (χ0v) is 8.88. The van der Waals surface area contributed by atoms with Crippen molar-refractivity contribution in [2.45, 2.75) is 51.0 Å². The van der Waals surface area contributed by atoms with E-state index in [1.54, 1.807) is 14.2 Å². The Bertz CT molecular complexity index is 131. The molecule has 3 nitrogen and oxygen atoms in total. The van der Waals surface area contributed by atoms with Crippen LogP contribution in [0.15, 0.2) is 0 Å². The highest BCUT2D eigenvalue weighted by Crippen LogP contribution is 2.18. The lowest BCUT2D eigenvalue weighted by Gasteiger charge is -2.25. The zero-order valence-electron chi connectivity index (χ0n) is 8.88. The molecule has 1 atom stereocenters. The second-order valence-corrected chi connectivity index (χ2v) is 3.78. The standard InChI is InChI=1S/C10H21NO2/c1-8(10(12-2)13-3)11-9-6-4-5-7-9/h8-11H,4-7H2,1-3H3. The van der Waals surface area contributed by atoms with E-state index in [1.807, 2.05) is 0 Å². The van der Waals surface area contributed by atoms with Crippen LogP contribution in [0.25, 0.3) is 0 Å². The van der Waals surface area contributed by atoms with Crippen LogP contribution in [0.2, 0.25) is 0 Å². The maximum atomic E-state index is 5.19. The van der Waals surface area contributed by atoms with Crippen molar-refractivity contribution in [3.05, 3.63) is 0 Å². The van der Waals surface area contributed by atoms with Gasteiger partial charge in [0.1, 0.15) is 0 Å². The second kappa shape index (κ2) is 5.58. The molecule has 1 rings (SSSR count). The highest BCUT2D eigenvalue weighted by atomic mass is 16.7. The van der Waals surface area contributed by atoms with E-state index in [2.05, 4.69) is 12.2 Å². The largest absolute Gasteiger partial charge is 0.354 e. The van der Waals surface area contributed by atoms with Gasteiger partial charge in [0.25, 0.3) is 0 Å². The van der Waals surface area contributed by atoms with E-state index in [9.17, 15) is 0 Å². The summed E-state index contributed by atoms with van der Waals surface area (Å²) in [6.07, 6.45) is 5.18. The molecule has 1 aliphatic carbocycles. The van der Waals surface area contributed by atoms with Crippen molar-refractivity contribution in [3.8, 4) is 0 Å². The SMILES string of the molecule is COC(OC)C(C)NC1CCCC1. The van der Waals surface area contributed by atoms with Crippen LogP contribution in [0, 0.1) is 0 Å². The molecule has 0 aromatic carbocycles. The maximum Gasteiger partial charge on any atom is 0.171 e. The van der Waals surface area contributed by atoms with Gasteiger partial charge in [-0.3, -0.25) is 0 Å². The summed E-state index contributed by atoms with van der Waals surface area (Å²) in [5, 5.41) is 3.53. The molecule has 0 spiro atoms. The first-order valence-electron chi connectivity index (χ1n) is 5.09. The average molecular weight is 187 g/mol. The van der Waals surface area contributed by atoms with Gasteiger partial charge in [0.2, 0.25) is 0 Å². The molecular weight excluding hydrogens is 166 g/mol. The zero-order chi connectivity index (χ0) is 9.68. The first kappa shape index (κ1) is 11.0. The van der Waals surface area contributed by atoms with Crippen molar-refractivity contribution in [3.63, 3.8) is 0 Å². The van der Waals surface area contributed by atoms with Crippen LogP contribution >= 0.6 is 0 Å². The average Bonchev–Trinajstić information content (AvgIpc) is 2.59. The molecule has 0 saturated heterocycles. The van der Waals surface area contributed by atoms with Gasteiger partial charge < -0.3 is 14.8 Å². The van der Waals surface area contributed by atoms with E-state index in [0.717, 1.165) is 0 Å². The van der Waals surface area contributed by atoms with Crippen molar-refractivity contribution < 1.29 is 9.47 Å². The molecule has 1 N–H and O–H groups in total. The Hall–Kier alpha value is -0.120. The first-order chi connectivity index (χ1) is 6.27. The first-order valence-corrected chi connectivity index (χ1v) is 5.09. The molecule has 1 fully saturated rings. The van der Waals surface area contributed by atoms with Crippen molar-refractivity contribution in [2.24, 2.45) is 0 Å². The fourth-order valence-corrected chi connectivity index (χ4v) is 2.05. The fraction of sp³-hybridized carbons (Fsp3) is 1.00. The highest BCUT2D eigenvalue weighted by Gasteiger charge is 2.21. The summed E-state index contributed by atoms with van der Waals surface area (Å²) in [5.41, 5.74) is 0. The van der Waals surface area contributed by atoms with E-state index < -0.39 is 0 Å². The fourth-order valence-electron chi connectivity index (χ4n) is 2.05. The van der Waals surface area contributed by atoms with Crippen LogP contribution in [-0.2, 0) is 9.47 Å². The summed E-state index contributed by atoms with van der Waals surface area (Å²) in [6, 6.07) is 0.945. The van der Waals surface area contributed by atoms with Crippen LogP contribution in [0.3, 0.4) is 0 Å². The number of nitrogens with one attached hydrogen (secondary N) is 1. The number of rotatable bonds is 5. The minimum Gasteiger partial charge on any atom is -0.354 e. The molecule has 1 aliphatic rings. The summed E-state index contributed by atoms with van der Waals surface area (Å²) in [7, 11) is 3.36. The third-order valence-corrected chi connectivity index (χ3v) is 2.73. The van der Waals surface area contributed by atoms with Gasteiger partial charge in [0.05, 0.1) is 6.04 Å². The van der Waals surface area contributed by atoms with Crippen LogP contribution in [0.5, 0.6) is 0 Å². The van der Waals surface area contributed by atoms with E-state index in [1.165, 1.54) is 25.7 Å². The van der Waals surface area contributed by atoms with Gasteiger partial charge in [0.15, 0.2) is 6.29 Å². The normalized spacial score (nSPS) is 21.2. The molecule has 0 radical (unpaired) electrons. The molecule has 78 valence electrons. The van der Waals surface area contributed by atoms with E-state index in [4.69, 9.17) is 9.47 Å². The minimum absolute atomic E-state index is 0.124. The molecule has 13 heavy (non-hydrogen) atoms. The summed E-state index contributed by atoms with van der Waals surface area (Å²) < 4.78 is 10.4. The van der Waals surface area contributed by atoms with Gasteiger partial charge in [-0.25, -0.2) is 0 Å². The Morgan fingerprint density at radius 3 is 2.15 bits per heavy atom. The topological polar surface area (TPSA) is 30.5 Å². The van der Waals surface area contributed by atoms with E-state index in [0.29, 0.717) is 6.04 Å². The molecular formula is C10H21NO2. The van der Waals surface area contributed by atoms with Crippen molar-refractivity contribution in [1.29, 1.82) is 0 Å².